The van der Waals surface area contributed by atoms with Crippen LogP contribution in [-0.2, 0) is 16.1 Å². The predicted molar refractivity (Wildman–Crippen MR) is 131 cm³/mol. The Bertz CT molecular complexity index is 886. The zero-order valence-corrected chi connectivity index (χ0v) is 20.6. The molecule has 3 aliphatic rings. The number of amides is 2. The Morgan fingerprint density at radius 3 is 2.74 bits per heavy atom. The number of carbonyl (C=O) groups excluding carboxylic acids is 2. The lowest BCUT2D eigenvalue weighted by Crippen LogP contribution is -2.48. The molecule has 0 unspecified atom stereocenters. The van der Waals surface area contributed by atoms with Crippen molar-refractivity contribution < 1.29 is 19.4 Å². The van der Waals surface area contributed by atoms with E-state index in [1.54, 1.807) is 4.90 Å². The number of likely N-dealkylation sites (tertiary alicyclic amines) is 1. The van der Waals surface area contributed by atoms with Gasteiger partial charge in [0.1, 0.15) is 12.4 Å². The van der Waals surface area contributed by atoms with E-state index in [-0.39, 0.29) is 23.7 Å². The quantitative estimate of drug-likeness (QED) is 0.686. The van der Waals surface area contributed by atoms with E-state index in [1.165, 1.54) is 0 Å². The van der Waals surface area contributed by atoms with Crippen molar-refractivity contribution in [2.24, 2.45) is 17.8 Å². The first-order valence-corrected chi connectivity index (χ1v) is 12.7. The number of carbonyl (C=O) groups is 2. The van der Waals surface area contributed by atoms with Gasteiger partial charge >= 0.3 is 0 Å². The van der Waals surface area contributed by atoms with Crippen LogP contribution in [-0.4, -0.2) is 83.6 Å². The molecule has 1 aromatic rings. The van der Waals surface area contributed by atoms with Crippen molar-refractivity contribution in [3.8, 4) is 5.75 Å². The third kappa shape index (κ3) is 6.39. The highest BCUT2D eigenvalue weighted by molar-refractivity contribution is 5.79. The van der Waals surface area contributed by atoms with Crippen LogP contribution in [0.15, 0.2) is 36.4 Å². The molecule has 3 atom stereocenters. The van der Waals surface area contributed by atoms with E-state index in [9.17, 15) is 14.7 Å². The molecule has 0 saturated carbocycles. The van der Waals surface area contributed by atoms with E-state index in [0.29, 0.717) is 64.6 Å². The zero-order valence-electron chi connectivity index (χ0n) is 20.6. The molecule has 3 aliphatic heterocycles. The fourth-order valence-electron chi connectivity index (χ4n) is 5.43. The first-order chi connectivity index (χ1) is 16.4. The van der Waals surface area contributed by atoms with Crippen molar-refractivity contribution in [2.45, 2.75) is 45.8 Å². The van der Waals surface area contributed by atoms with Gasteiger partial charge in [0.15, 0.2) is 0 Å². The highest BCUT2D eigenvalue weighted by Crippen LogP contribution is 2.30. The Balaban J connectivity index is 1.51. The fourth-order valence-corrected chi connectivity index (χ4v) is 5.43. The molecule has 0 aromatic heterocycles. The van der Waals surface area contributed by atoms with Gasteiger partial charge in [0.05, 0.1) is 12.6 Å². The lowest BCUT2D eigenvalue weighted by Gasteiger charge is -2.38. The van der Waals surface area contributed by atoms with Crippen LogP contribution in [0, 0.1) is 17.8 Å². The van der Waals surface area contributed by atoms with Gasteiger partial charge in [-0.05, 0) is 36.7 Å². The average Bonchev–Trinajstić information content (AvgIpc) is 3.24. The number of nitrogens with zero attached hydrogens (tertiary/aromatic N) is 3. The van der Waals surface area contributed by atoms with Gasteiger partial charge in [-0.1, -0.05) is 44.2 Å². The van der Waals surface area contributed by atoms with Crippen LogP contribution in [0.5, 0.6) is 5.75 Å². The maximum atomic E-state index is 13.3. The molecule has 2 fully saturated rings. The van der Waals surface area contributed by atoms with Crippen molar-refractivity contribution in [2.75, 3.05) is 45.9 Å². The van der Waals surface area contributed by atoms with E-state index in [0.717, 1.165) is 24.3 Å². The summed E-state index contributed by atoms with van der Waals surface area (Å²) >= 11 is 0. The van der Waals surface area contributed by atoms with Crippen molar-refractivity contribution in [1.82, 2.24) is 14.7 Å². The summed E-state index contributed by atoms with van der Waals surface area (Å²) in [5.41, 5.74) is 1.10. The fraction of sp³-hybridized carbons (Fsp3) is 0.630. The van der Waals surface area contributed by atoms with Gasteiger partial charge in [-0.15, -0.1) is 0 Å². The molecule has 7 heteroatoms. The van der Waals surface area contributed by atoms with E-state index in [1.807, 2.05) is 29.2 Å². The Morgan fingerprint density at radius 1 is 1.15 bits per heavy atom. The van der Waals surface area contributed by atoms with Crippen LogP contribution in [0.3, 0.4) is 0 Å². The molecule has 3 heterocycles. The standard InChI is InChI=1S/C27H39N3O4/c1-20(2)15-28-16-23-6-3-4-8-25(23)34-13-5-7-22-17-29(27(33)19-28)11-9-21(22)14-26(32)30-12-10-24(31)18-30/h3-8,20-22,24,31H,9-19H2,1-2H3/b7-5+/t21-,22-,24+/m0/s1. The normalized spacial score (nSPS) is 27.4. The van der Waals surface area contributed by atoms with Crippen LogP contribution in [0.25, 0.3) is 0 Å². The van der Waals surface area contributed by atoms with Crippen molar-refractivity contribution in [1.29, 1.82) is 0 Å². The van der Waals surface area contributed by atoms with Crippen LogP contribution < -0.4 is 4.74 Å². The number of rotatable bonds is 4. The Labute approximate surface area is 203 Å². The molecule has 0 spiro atoms. The van der Waals surface area contributed by atoms with Gasteiger partial charge in [0.2, 0.25) is 11.8 Å². The summed E-state index contributed by atoms with van der Waals surface area (Å²) in [6, 6.07) is 8.06. The maximum absolute atomic E-state index is 13.3. The van der Waals surface area contributed by atoms with Gasteiger partial charge in [-0.2, -0.15) is 0 Å². The van der Waals surface area contributed by atoms with Crippen molar-refractivity contribution >= 4 is 11.8 Å². The molecule has 2 saturated heterocycles. The second kappa shape index (κ2) is 11.4. The summed E-state index contributed by atoms with van der Waals surface area (Å²) in [5.74, 6) is 1.89. The molecule has 0 radical (unpaired) electrons. The van der Waals surface area contributed by atoms with Gasteiger partial charge in [-0.25, -0.2) is 0 Å². The summed E-state index contributed by atoms with van der Waals surface area (Å²) in [7, 11) is 0. The van der Waals surface area contributed by atoms with Crippen LogP contribution in [0.4, 0.5) is 0 Å². The zero-order chi connectivity index (χ0) is 24.1. The lowest BCUT2D eigenvalue weighted by atomic mass is 9.82. The first-order valence-electron chi connectivity index (χ1n) is 12.7. The average molecular weight is 470 g/mol. The summed E-state index contributed by atoms with van der Waals surface area (Å²) < 4.78 is 6.11. The molecule has 0 aliphatic carbocycles. The predicted octanol–water partition coefficient (Wildman–Crippen LogP) is 2.54. The molecule has 34 heavy (non-hydrogen) atoms. The minimum Gasteiger partial charge on any atom is -0.489 e. The molecular formula is C27H39N3O4. The highest BCUT2D eigenvalue weighted by atomic mass is 16.5. The highest BCUT2D eigenvalue weighted by Gasteiger charge is 2.34. The van der Waals surface area contributed by atoms with Gasteiger partial charge < -0.3 is 19.6 Å². The minimum atomic E-state index is -0.401. The summed E-state index contributed by atoms with van der Waals surface area (Å²) in [5, 5.41) is 9.80. The molecule has 2 amide bonds. The molecule has 1 N–H and O–H groups in total. The topological polar surface area (TPSA) is 73.3 Å². The summed E-state index contributed by atoms with van der Waals surface area (Å²) in [4.78, 5) is 32.2. The van der Waals surface area contributed by atoms with Gasteiger partial charge in [0, 0.05) is 51.3 Å². The number of hydrogen-bond acceptors (Lipinski definition) is 5. The lowest BCUT2D eigenvalue weighted by molar-refractivity contribution is -0.136. The number of benzene rings is 1. The minimum absolute atomic E-state index is 0.117. The number of aliphatic hydroxyl groups excluding tert-OH is 1. The Kier molecular flexibility index (Phi) is 8.27. The van der Waals surface area contributed by atoms with Crippen LogP contribution in [0.2, 0.25) is 0 Å². The second-order valence-corrected chi connectivity index (χ2v) is 10.4. The van der Waals surface area contributed by atoms with Gasteiger partial charge in [0.25, 0.3) is 0 Å². The van der Waals surface area contributed by atoms with E-state index < -0.39 is 6.10 Å². The molecule has 7 nitrogen and oxygen atoms in total. The molecule has 4 rings (SSSR count). The Morgan fingerprint density at radius 2 is 1.97 bits per heavy atom. The smallest absolute Gasteiger partial charge is 0.236 e. The van der Waals surface area contributed by atoms with E-state index in [2.05, 4.69) is 30.9 Å². The van der Waals surface area contributed by atoms with Crippen molar-refractivity contribution in [3.05, 3.63) is 42.0 Å². The number of para-hydroxylation sites is 1. The maximum Gasteiger partial charge on any atom is 0.236 e. The van der Waals surface area contributed by atoms with Crippen molar-refractivity contribution in [3.63, 3.8) is 0 Å². The Hall–Kier alpha value is -2.38. The number of ether oxygens (including phenoxy) is 1. The van der Waals surface area contributed by atoms with E-state index >= 15 is 0 Å². The third-order valence-corrected chi connectivity index (χ3v) is 7.18. The summed E-state index contributed by atoms with van der Waals surface area (Å²) in [6.45, 7) is 9.12. The first kappa shape index (κ1) is 24.7. The summed E-state index contributed by atoms with van der Waals surface area (Å²) in [6.07, 6.45) is 5.72. The number of β-amino-alcohol motifs (C(OH)–C–C–N with tert-alkyl or cyclic N) is 1. The SMILES string of the molecule is CC(C)CN1CC(=O)N2CC[C@@H](CC(=O)N3CC[C@@H](O)C3)[C@@H](/C=C/COc3ccccc3C1)C2. The monoisotopic (exact) mass is 469 g/mol. The number of piperidine rings is 1. The second-order valence-electron chi connectivity index (χ2n) is 10.4. The molecule has 1 aromatic carbocycles. The number of aliphatic hydroxyl groups is 1. The number of hydrogen-bond donors (Lipinski definition) is 1. The molecular weight excluding hydrogens is 430 g/mol. The largest absolute Gasteiger partial charge is 0.489 e. The van der Waals surface area contributed by atoms with Crippen LogP contribution >= 0.6 is 0 Å². The van der Waals surface area contributed by atoms with Gasteiger partial charge in [-0.3, -0.25) is 14.5 Å². The third-order valence-electron chi connectivity index (χ3n) is 7.18. The molecule has 2 bridgehead atoms. The van der Waals surface area contributed by atoms with E-state index in [4.69, 9.17) is 4.74 Å². The van der Waals surface area contributed by atoms with Crippen LogP contribution in [0.1, 0.15) is 38.7 Å². The molecule has 186 valence electrons. The number of fused-ring (bicyclic) bond motifs is 3.